The van der Waals surface area contributed by atoms with Crippen molar-refractivity contribution < 1.29 is 24.2 Å². The number of carbonyl (C=O) groups excluding carboxylic acids is 2. The summed E-state index contributed by atoms with van der Waals surface area (Å²) in [5.74, 6) is 0.675. The van der Waals surface area contributed by atoms with Gasteiger partial charge in [-0.3, -0.25) is 9.69 Å². The van der Waals surface area contributed by atoms with Gasteiger partial charge in [-0.05, 0) is 56.5 Å². The smallest absolute Gasteiger partial charge is 0.338 e. The van der Waals surface area contributed by atoms with Crippen LogP contribution in [0, 0.1) is 23.7 Å². The van der Waals surface area contributed by atoms with E-state index in [0.29, 0.717) is 61.7 Å². The number of piperidine rings is 1. The molecule has 3 aliphatic rings. The van der Waals surface area contributed by atoms with Crippen LogP contribution in [0.2, 0.25) is 0 Å². The SMILES string of the molecule is COc1cc(N2CCC3(CCN(CC(O)c4ccc5c(c4C)COC5=O)CC3)C2=O)ncc1C#N. The van der Waals surface area contributed by atoms with Crippen molar-refractivity contribution in [3.05, 3.63) is 52.2 Å². The minimum absolute atomic E-state index is 0.0658. The summed E-state index contributed by atoms with van der Waals surface area (Å²) in [6, 6.07) is 7.24. The molecule has 1 atom stereocenters. The summed E-state index contributed by atoms with van der Waals surface area (Å²) in [7, 11) is 1.49. The third-order valence-corrected chi connectivity index (χ3v) is 7.79. The highest BCUT2D eigenvalue weighted by Crippen LogP contribution is 2.43. The number of methoxy groups -OCH3 is 1. The largest absolute Gasteiger partial charge is 0.495 e. The second-order valence-corrected chi connectivity index (χ2v) is 9.54. The Morgan fingerprint density at radius 1 is 1.26 bits per heavy atom. The lowest BCUT2D eigenvalue weighted by molar-refractivity contribution is -0.128. The molecule has 2 aromatic rings. The lowest BCUT2D eigenvalue weighted by Gasteiger charge is -2.38. The minimum atomic E-state index is -0.684. The molecule has 35 heavy (non-hydrogen) atoms. The van der Waals surface area contributed by atoms with E-state index >= 15 is 0 Å². The quantitative estimate of drug-likeness (QED) is 0.655. The first-order valence-corrected chi connectivity index (χ1v) is 11.8. The van der Waals surface area contributed by atoms with Gasteiger partial charge < -0.3 is 19.5 Å². The summed E-state index contributed by atoms with van der Waals surface area (Å²) in [5.41, 5.74) is 3.06. The number of aliphatic hydroxyl groups excluding tert-OH is 1. The fraction of sp³-hybridized carbons (Fsp3) is 0.462. The maximum atomic E-state index is 13.4. The van der Waals surface area contributed by atoms with Crippen molar-refractivity contribution in [1.82, 2.24) is 9.88 Å². The Labute approximate surface area is 203 Å². The number of amides is 1. The van der Waals surface area contributed by atoms with Gasteiger partial charge in [0.05, 0.1) is 30.4 Å². The standard InChI is InChI=1S/C26H28N4O5/c1-16-18(3-4-19-20(16)15-35-24(19)32)21(31)14-29-8-5-26(6-9-29)7-10-30(25(26)33)23-11-22(34-2)17(12-27)13-28-23/h3-4,11,13,21,31H,5-10,14-15H2,1-2H3. The summed E-state index contributed by atoms with van der Waals surface area (Å²) in [6.07, 6.45) is 2.95. The van der Waals surface area contributed by atoms with E-state index in [1.807, 2.05) is 19.1 Å². The highest BCUT2D eigenvalue weighted by molar-refractivity contribution is 5.99. The molecule has 1 spiro atoms. The Balaban J connectivity index is 1.23. The number of nitriles is 1. The van der Waals surface area contributed by atoms with Crippen LogP contribution in [-0.2, 0) is 16.1 Å². The molecule has 5 rings (SSSR count). The third kappa shape index (κ3) is 3.93. The lowest BCUT2D eigenvalue weighted by atomic mass is 9.77. The number of pyridine rings is 1. The number of hydrogen-bond acceptors (Lipinski definition) is 8. The number of carbonyl (C=O) groups is 2. The molecule has 2 fully saturated rings. The monoisotopic (exact) mass is 476 g/mol. The Morgan fingerprint density at radius 2 is 2.00 bits per heavy atom. The van der Waals surface area contributed by atoms with Crippen molar-refractivity contribution in [3.63, 3.8) is 0 Å². The molecule has 1 aromatic heterocycles. The van der Waals surface area contributed by atoms with Gasteiger partial charge in [0.25, 0.3) is 0 Å². The topological polar surface area (TPSA) is 116 Å². The van der Waals surface area contributed by atoms with Gasteiger partial charge in [-0.1, -0.05) is 6.07 Å². The van der Waals surface area contributed by atoms with Crippen LogP contribution < -0.4 is 9.64 Å². The molecule has 9 nitrogen and oxygen atoms in total. The second kappa shape index (κ2) is 8.95. The zero-order chi connectivity index (χ0) is 24.7. The first kappa shape index (κ1) is 23.3. The number of ether oxygens (including phenoxy) is 2. The number of cyclic esters (lactones) is 1. The summed E-state index contributed by atoms with van der Waals surface area (Å²) in [4.78, 5) is 33.5. The van der Waals surface area contributed by atoms with Crippen LogP contribution in [0.4, 0.5) is 5.82 Å². The molecular weight excluding hydrogens is 448 g/mol. The fourth-order valence-electron chi connectivity index (χ4n) is 5.57. The number of nitrogens with zero attached hydrogens (tertiary/aromatic N) is 4. The van der Waals surface area contributed by atoms with Crippen molar-refractivity contribution in [1.29, 1.82) is 5.26 Å². The molecule has 0 aliphatic carbocycles. The van der Waals surface area contributed by atoms with Crippen LogP contribution in [-0.4, -0.2) is 60.2 Å². The van der Waals surface area contributed by atoms with Gasteiger partial charge in [-0.15, -0.1) is 0 Å². The van der Waals surface area contributed by atoms with Crippen molar-refractivity contribution in [3.8, 4) is 11.8 Å². The molecule has 182 valence electrons. The normalized spacial score (nSPS) is 20.0. The number of β-amino-alcohol motifs (C(OH)–C–C–N with tert-alkyl or cyclic N) is 1. The molecule has 0 bridgehead atoms. The van der Waals surface area contributed by atoms with E-state index in [9.17, 15) is 20.0 Å². The van der Waals surface area contributed by atoms with E-state index in [2.05, 4.69) is 9.88 Å². The average molecular weight is 477 g/mol. The van der Waals surface area contributed by atoms with Crippen LogP contribution in [0.1, 0.15) is 58.0 Å². The van der Waals surface area contributed by atoms with Crippen LogP contribution >= 0.6 is 0 Å². The van der Waals surface area contributed by atoms with Crippen LogP contribution in [0.3, 0.4) is 0 Å². The fourth-order valence-corrected chi connectivity index (χ4v) is 5.57. The number of hydrogen-bond donors (Lipinski definition) is 1. The van der Waals surface area contributed by atoms with Crippen LogP contribution in [0.15, 0.2) is 24.4 Å². The number of anilines is 1. The third-order valence-electron chi connectivity index (χ3n) is 7.79. The highest BCUT2D eigenvalue weighted by Gasteiger charge is 2.49. The average Bonchev–Trinajstić information content (AvgIpc) is 3.40. The van der Waals surface area contributed by atoms with Crippen LogP contribution in [0.25, 0.3) is 0 Å². The molecule has 3 aliphatic heterocycles. The summed E-state index contributed by atoms with van der Waals surface area (Å²) in [6.45, 7) is 4.65. The first-order valence-electron chi connectivity index (χ1n) is 11.8. The van der Waals surface area contributed by atoms with E-state index < -0.39 is 11.5 Å². The zero-order valence-corrected chi connectivity index (χ0v) is 19.9. The molecule has 1 amide bonds. The number of aliphatic hydroxyl groups is 1. The van der Waals surface area contributed by atoms with E-state index in [1.165, 1.54) is 13.3 Å². The lowest BCUT2D eigenvalue weighted by Crippen LogP contribution is -2.45. The molecular formula is C26H28N4O5. The maximum absolute atomic E-state index is 13.4. The Hall–Kier alpha value is -3.48. The minimum Gasteiger partial charge on any atom is -0.495 e. The van der Waals surface area contributed by atoms with Crippen molar-refractivity contribution in [2.24, 2.45) is 5.41 Å². The second-order valence-electron chi connectivity index (χ2n) is 9.54. The molecule has 1 unspecified atom stereocenters. The highest BCUT2D eigenvalue weighted by atomic mass is 16.5. The van der Waals surface area contributed by atoms with Gasteiger partial charge in [0.15, 0.2) is 0 Å². The molecule has 0 radical (unpaired) electrons. The van der Waals surface area contributed by atoms with Crippen molar-refractivity contribution >= 4 is 17.7 Å². The number of aromatic nitrogens is 1. The van der Waals surface area contributed by atoms with E-state index in [4.69, 9.17) is 9.47 Å². The maximum Gasteiger partial charge on any atom is 0.338 e. The van der Waals surface area contributed by atoms with Gasteiger partial charge in [0, 0.05) is 24.7 Å². The van der Waals surface area contributed by atoms with E-state index in [0.717, 1.165) is 23.1 Å². The van der Waals surface area contributed by atoms with Gasteiger partial charge >= 0.3 is 5.97 Å². The Bertz CT molecular complexity index is 1230. The first-order chi connectivity index (χ1) is 16.9. The van der Waals surface area contributed by atoms with Gasteiger partial charge in [-0.2, -0.15) is 5.26 Å². The molecule has 4 heterocycles. The van der Waals surface area contributed by atoms with Gasteiger partial charge in [-0.25, -0.2) is 9.78 Å². The van der Waals surface area contributed by atoms with Crippen LogP contribution in [0.5, 0.6) is 5.75 Å². The predicted molar refractivity (Wildman–Crippen MR) is 126 cm³/mol. The zero-order valence-electron chi connectivity index (χ0n) is 19.9. The summed E-state index contributed by atoms with van der Waals surface area (Å²) < 4.78 is 10.4. The summed E-state index contributed by atoms with van der Waals surface area (Å²) in [5, 5.41) is 20.1. The number of rotatable bonds is 5. The summed E-state index contributed by atoms with van der Waals surface area (Å²) >= 11 is 0. The number of fused-ring (bicyclic) bond motifs is 1. The number of esters is 1. The van der Waals surface area contributed by atoms with Gasteiger partial charge in [0.1, 0.15) is 29.8 Å². The molecule has 1 N–H and O–H groups in total. The number of benzene rings is 1. The molecule has 1 aromatic carbocycles. The number of likely N-dealkylation sites (tertiary alicyclic amines) is 1. The molecule has 0 saturated carbocycles. The predicted octanol–water partition coefficient (Wildman–Crippen LogP) is 2.49. The Kier molecular flexibility index (Phi) is 5.95. The van der Waals surface area contributed by atoms with Crippen molar-refractivity contribution in [2.75, 3.05) is 38.2 Å². The molecule has 9 heteroatoms. The van der Waals surface area contributed by atoms with E-state index in [-0.39, 0.29) is 18.5 Å². The van der Waals surface area contributed by atoms with E-state index in [1.54, 1.807) is 17.0 Å². The molecule has 2 saturated heterocycles. The Morgan fingerprint density at radius 3 is 2.71 bits per heavy atom. The van der Waals surface area contributed by atoms with Crippen molar-refractivity contribution in [2.45, 2.75) is 38.9 Å². The van der Waals surface area contributed by atoms with Gasteiger partial charge in [0.2, 0.25) is 5.91 Å².